The van der Waals surface area contributed by atoms with Gasteiger partial charge in [0.15, 0.2) is 11.5 Å². The van der Waals surface area contributed by atoms with Gasteiger partial charge >= 0.3 is 0 Å². The summed E-state index contributed by atoms with van der Waals surface area (Å²) in [5.74, 6) is 1.42. The minimum Gasteiger partial charge on any atom is -0.482 e. The number of rotatable bonds is 4. The molecule has 0 bridgehead atoms. The van der Waals surface area contributed by atoms with Gasteiger partial charge in [0.1, 0.15) is 11.9 Å². The number of hydrogen-bond acceptors (Lipinski definition) is 5. The van der Waals surface area contributed by atoms with Gasteiger partial charge in [0.05, 0.1) is 31.6 Å². The molecule has 1 aliphatic heterocycles. The zero-order valence-electron chi connectivity index (χ0n) is 11.9. The maximum absolute atomic E-state index is 12.2. The third-order valence-electron chi connectivity index (χ3n) is 3.35. The van der Waals surface area contributed by atoms with E-state index in [0.717, 1.165) is 5.56 Å². The first-order chi connectivity index (χ1) is 10.1. The van der Waals surface area contributed by atoms with Crippen LogP contribution in [-0.2, 0) is 4.74 Å². The molecule has 1 saturated heterocycles. The van der Waals surface area contributed by atoms with Crippen molar-refractivity contribution in [3.05, 3.63) is 35.5 Å². The second kappa shape index (κ2) is 5.61. The summed E-state index contributed by atoms with van der Waals surface area (Å²) in [5, 5.41) is 9.39. The zero-order valence-corrected chi connectivity index (χ0v) is 11.9. The average molecular weight is 291 g/mol. The van der Waals surface area contributed by atoms with Crippen molar-refractivity contribution >= 4 is 5.91 Å². The Morgan fingerprint density at radius 3 is 3.00 bits per heavy atom. The third-order valence-corrected chi connectivity index (χ3v) is 3.35. The number of nitrogens with one attached hydrogen (secondary N) is 2. The van der Waals surface area contributed by atoms with Crippen molar-refractivity contribution in [3.8, 4) is 5.75 Å². The molecule has 0 aromatic carbocycles. The molecule has 7 nitrogen and oxygen atoms in total. The zero-order chi connectivity index (χ0) is 14.8. The van der Waals surface area contributed by atoms with Crippen LogP contribution in [0.5, 0.6) is 5.75 Å². The highest BCUT2D eigenvalue weighted by Gasteiger charge is 2.32. The van der Waals surface area contributed by atoms with Gasteiger partial charge in [-0.3, -0.25) is 9.89 Å². The number of carbonyl (C=O) groups is 1. The van der Waals surface area contributed by atoms with Crippen LogP contribution in [0.4, 0.5) is 0 Å². The van der Waals surface area contributed by atoms with E-state index in [-0.39, 0.29) is 18.1 Å². The molecule has 2 aromatic rings. The van der Waals surface area contributed by atoms with Crippen LogP contribution >= 0.6 is 0 Å². The molecule has 0 aliphatic carbocycles. The van der Waals surface area contributed by atoms with E-state index in [9.17, 15) is 4.79 Å². The fourth-order valence-electron chi connectivity index (χ4n) is 2.36. The number of hydrogen-bond donors (Lipinski definition) is 2. The fraction of sp³-hybridized carbons (Fsp3) is 0.429. The Labute approximate surface area is 121 Å². The molecular weight excluding hydrogens is 274 g/mol. The predicted octanol–water partition coefficient (Wildman–Crippen LogP) is 1.20. The highest BCUT2D eigenvalue weighted by Crippen LogP contribution is 2.17. The minimum absolute atomic E-state index is 0.225. The van der Waals surface area contributed by atoms with Crippen molar-refractivity contribution in [1.29, 1.82) is 0 Å². The summed E-state index contributed by atoms with van der Waals surface area (Å²) < 4.78 is 16.5. The third kappa shape index (κ3) is 2.92. The van der Waals surface area contributed by atoms with Gasteiger partial charge in [0.2, 0.25) is 0 Å². The average Bonchev–Trinajstić information content (AvgIpc) is 3.14. The van der Waals surface area contributed by atoms with Crippen LogP contribution in [0.2, 0.25) is 0 Å². The molecule has 3 heterocycles. The van der Waals surface area contributed by atoms with Crippen molar-refractivity contribution in [3.63, 3.8) is 0 Å². The standard InChI is InChI=1S/C14H17N3O4/c1-8-3-9(2)20-13(8)14(18)17-11-6-19-7-12(11)21-10-4-15-16-5-10/h3-5,11-12H,6-7H2,1-2H3,(H,15,16)(H,17,18)/t11-,12+/m0/s1. The van der Waals surface area contributed by atoms with E-state index < -0.39 is 0 Å². The topological polar surface area (TPSA) is 89.4 Å². The van der Waals surface area contributed by atoms with Crippen molar-refractivity contribution in [1.82, 2.24) is 15.5 Å². The summed E-state index contributed by atoms with van der Waals surface area (Å²) in [5.41, 5.74) is 0.816. The quantitative estimate of drug-likeness (QED) is 0.883. The molecule has 0 saturated carbocycles. The van der Waals surface area contributed by atoms with Crippen LogP contribution in [0.3, 0.4) is 0 Å². The molecule has 7 heteroatoms. The second-order valence-corrected chi connectivity index (χ2v) is 5.08. The predicted molar refractivity (Wildman–Crippen MR) is 73.3 cm³/mol. The Balaban J connectivity index is 1.66. The van der Waals surface area contributed by atoms with Gasteiger partial charge in [-0.05, 0) is 19.9 Å². The SMILES string of the molecule is Cc1cc(C)c(C(=O)N[C@H]2COC[C@H]2Oc2cn[nH]c2)o1. The molecule has 1 amide bonds. The molecule has 2 atom stereocenters. The van der Waals surface area contributed by atoms with Crippen LogP contribution in [0.25, 0.3) is 0 Å². The van der Waals surface area contributed by atoms with Crippen molar-refractivity contribution in [2.75, 3.05) is 13.2 Å². The van der Waals surface area contributed by atoms with Gasteiger partial charge in [0, 0.05) is 5.56 Å². The first-order valence-corrected chi connectivity index (χ1v) is 6.74. The molecule has 0 spiro atoms. The van der Waals surface area contributed by atoms with Crippen LogP contribution in [0.1, 0.15) is 21.9 Å². The lowest BCUT2D eigenvalue weighted by molar-refractivity contribution is 0.0874. The largest absolute Gasteiger partial charge is 0.482 e. The van der Waals surface area contributed by atoms with E-state index in [4.69, 9.17) is 13.9 Å². The summed E-state index contributed by atoms with van der Waals surface area (Å²) in [6.07, 6.45) is 2.98. The van der Waals surface area contributed by atoms with Gasteiger partial charge in [-0.2, -0.15) is 5.10 Å². The van der Waals surface area contributed by atoms with E-state index >= 15 is 0 Å². The van der Waals surface area contributed by atoms with Gasteiger partial charge in [-0.25, -0.2) is 0 Å². The monoisotopic (exact) mass is 291 g/mol. The van der Waals surface area contributed by atoms with E-state index in [1.54, 1.807) is 12.4 Å². The van der Waals surface area contributed by atoms with Gasteiger partial charge in [0.25, 0.3) is 5.91 Å². The van der Waals surface area contributed by atoms with Crippen molar-refractivity contribution in [2.45, 2.75) is 26.0 Å². The number of nitrogens with zero attached hydrogens (tertiary/aromatic N) is 1. The van der Waals surface area contributed by atoms with E-state index in [1.807, 2.05) is 19.9 Å². The number of aryl methyl sites for hydroxylation is 2. The molecule has 2 aromatic heterocycles. The number of carbonyl (C=O) groups excluding carboxylic acids is 1. The molecule has 0 unspecified atom stereocenters. The molecular formula is C14H17N3O4. The summed E-state index contributed by atoms with van der Waals surface area (Å²) in [7, 11) is 0. The molecule has 21 heavy (non-hydrogen) atoms. The maximum Gasteiger partial charge on any atom is 0.287 e. The molecule has 1 fully saturated rings. The highest BCUT2D eigenvalue weighted by molar-refractivity contribution is 5.93. The van der Waals surface area contributed by atoms with Crippen LogP contribution in [0, 0.1) is 13.8 Å². The number of ether oxygens (including phenoxy) is 2. The van der Waals surface area contributed by atoms with Gasteiger partial charge in [-0.15, -0.1) is 0 Å². The number of amides is 1. The lowest BCUT2D eigenvalue weighted by Gasteiger charge is -2.19. The highest BCUT2D eigenvalue weighted by atomic mass is 16.5. The van der Waals surface area contributed by atoms with Crippen molar-refractivity contribution < 1.29 is 18.7 Å². The molecule has 0 radical (unpaired) electrons. The normalized spacial score (nSPS) is 21.4. The number of H-pyrrole nitrogens is 1. The smallest absolute Gasteiger partial charge is 0.287 e. The fourth-order valence-corrected chi connectivity index (χ4v) is 2.36. The van der Waals surface area contributed by atoms with E-state index in [1.165, 1.54) is 0 Å². The molecule has 2 N–H and O–H groups in total. The number of aromatic nitrogens is 2. The summed E-state index contributed by atoms with van der Waals surface area (Å²) >= 11 is 0. The lowest BCUT2D eigenvalue weighted by Crippen LogP contribution is -2.45. The Hall–Kier alpha value is -2.28. The number of aromatic amines is 1. The van der Waals surface area contributed by atoms with E-state index in [0.29, 0.717) is 30.5 Å². The van der Waals surface area contributed by atoms with E-state index in [2.05, 4.69) is 15.5 Å². The van der Waals surface area contributed by atoms with Crippen LogP contribution < -0.4 is 10.1 Å². The minimum atomic E-state index is -0.253. The maximum atomic E-state index is 12.2. The Kier molecular flexibility index (Phi) is 3.66. The van der Waals surface area contributed by atoms with Gasteiger partial charge < -0.3 is 19.2 Å². The second-order valence-electron chi connectivity index (χ2n) is 5.08. The number of furan rings is 1. The Morgan fingerprint density at radius 1 is 1.48 bits per heavy atom. The molecule has 112 valence electrons. The van der Waals surface area contributed by atoms with Crippen molar-refractivity contribution in [2.24, 2.45) is 0 Å². The van der Waals surface area contributed by atoms with Crippen LogP contribution in [-0.4, -0.2) is 41.5 Å². The van der Waals surface area contributed by atoms with Gasteiger partial charge in [-0.1, -0.05) is 0 Å². The molecule has 3 rings (SSSR count). The lowest BCUT2D eigenvalue weighted by atomic mass is 10.2. The van der Waals surface area contributed by atoms with Crippen LogP contribution in [0.15, 0.2) is 22.9 Å². The Morgan fingerprint density at radius 2 is 2.33 bits per heavy atom. The Bertz CT molecular complexity index is 620. The summed E-state index contributed by atoms with van der Waals surface area (Å²) in [6, 6.07) is 1.61. The summed E-state index contributed by atoms with van der Waals surface area (Å²) in [6.45, 7) is 4.49. The first-order valence-electron chi connectivity index (χ1n) is 6.74. The molecule has 1 aliphatic rings. The first kappa shape index (κ1) is 13.7. The summed E-state index contributed by atoms with van der Waals surface area (Å²) in [4.78, 5) is 12.2.